The average Bonchev–Trinajstić information content (AvgIpc) is 2.17. The molecule has 0 aromatic heterocycles. The molecule has 0 aromatic rings. The Morgan fingerprint density at radius 1 is 1.07 bits per heavy atom. The van der Waals surface area contributed by atoms with E-state index >= 15 is 0 Å². The Morgan fingerprint density at radius 2 is 1.71 bits per heavy atom. The maximum absolute atomic E-state index is 11.4. The van der Waals surface area contributed by atoms with Gasteiger partial charge in [0.05, 0.1) is 0 Å². The van der Waals surface area contributed by atoms with Gasteiger partial charge in [0.15, 0.2) is 0 Å². The first-order valence-electron chi connectivity index (χ1n) is 5.89. The van der Waals surface area contributed by atoms with Crippen LogP contribution in [0.4, 0.5) is 0 Å². The predicted octanol–water partition coefficient (Wildman–Crippen LogP) is 4.27. The van der Waals surface area contributed by atoms with Crippen molar-refractivity contribution in [3.8, 4) is 0 Å². The molecular formula is C13H24O. The Bertz CT molecular complexity index is 170. The predicted molar refractivity (Wildman–Crippen MR) is 62.4 cm³/mol. The number of hydrogen-bond acceptors (Lipinski definition) is 1. The molecule has 0 aliphatic carbocycles. The van der Waals surface area contributed by atoms with Crippen molar-refractivity contribution in [3.63, 3.8) is 0 Å². The van der Waals surface area contributed by atoms with Gasteiger partial charge in [-0.3, -0.25) is 4.79 Å². The lowest BCUT2D eigenvalue weighted by atomic mass is 10.0. The zero-order valence-electron chi connectivity index (χ0n) is 9.77. The van der Waals surface area contributed by atoms with Gasteiger partial charge in [-0.2, -0.15) is 0 Å². The van der Waals surface area contributed by atoms with Crippen molar-refractivity contribution in [1.29, 1.82) is 0 Å². The summed E-state index contributed by atoms with van der Waals surface area (Å²) in [4.78, 5) is 11.4. The van der Waals surface area contributed by atoms with E-state index in [0.29, 0.717) is 12.2 Å². The lowest BCUT2D eigenvalue weighted by Gasteiger charge is -2.02. The minimum absolute atomic E-state index is 0.369. The van der Waals surface area contributed by atoms with Crippen molar-refractivity contribution in [2.45, 2.75) is 65.2 Å². The van der Waals surface area contributed by atoms with Crippen LogP contribution in [0, 0.1) is 0 Å². The molecule has 0 aliphatic rings. The normalized spacial score (nSPS) is 10.1. The quantitative estimate of drug-likeness (QED) is 0.397. The van der Waals surface area contributed by atoms with E-state index in [-0.39, 0.29) is 0 Å². The van der Waals surface area contributed by atoms with Crippen molar-refractivity contribution in [2.75, 3.05) is 0 Å². The Morgan fingerprint density at radius 3 is 2.29 bits per heavy atom. The van der Waals surface area contributed by atoms with Crippen LogP contribution in [-0.4, -0.2) is 5.78 Å². The van der Waals surface area contributed by atoms with E-state index in [4.69, 9.17) is 0 Å². The summed E-state index contributed by atoms with van der Waals surface area (Å²) >= 11 is 0. The SMILES string of the molecule is C=C(CC)CC(=O)CCCCCCC. The minimum Gasteiger partial charge on any atom is -0.299 e. The molecule has 0 spiro atoms. The van der Waals surface area contributed by atoms with Gasteiger partial charge in [-0.15, -0.1) is 0 Å². The van der Waals surface area contributed by atoms with Crippen LogP contribution in [0.15, 0.2) is 12.2 Å². The number of allylic oxidation sites excluding steroid dienone is 1. The van der Waals surface area contributed by atoms with Crippen molar-refractivity contribution < 1.29 is 4.79 Å². The van der Waals surface area contributed by atoms with Gasteiger partial charge in [-0.05, 0) is 12.8 Å². The summed E-state index contributed by atoms with van der Waals surface area (Å²) in [5.74, 6) is 0.369. The molecule has 0 atom stereocenters. The fourth-order valence-corrected chi connectivity index (χ4v) is 1.42. The van der Waals surface area contributed by atoms with Crippen LogP contribution >= 0.6 is 0 Å². The van der Waals surface area contributed by atoms with Crippen LogP contribution < -0.4 is 0 Å². The summed E-state index contributed by atoms with van der Waals surface area (Å²) in [6, 6.07) is 0. The van der Waals surface area contributed by atoms with Gasteiger partial charge in [0.2, 0.25) is 0 Å². The van der Waals surface area contributed by atoms with Gasteiger partial charge in [-0.25, -0.2) is 0 Å². The minimum atomic E-state index is 0.369. The van der Waals surface area contributed by atoms with E-state index in [1.165, 1.54) is 25.7 Å². The molecule has 0 rings (SSSR count). The van der Waals surface area contributed by atoms with Crippen LogP contribution in [0.1, 0.15) is 65.2 Å². The molecule has 0 aromatic carbocycles. The first kappa shape index (κ1) is 13.4. The molecular weight excluding hydrogens is 172 g/mol. The molecule has 14 heavy (non-hydrogen) atoms. The molecule has 0 saturated carbocycles. The van der Waals surface area contributed by atoms with Crippen LogP contribution in [0.25, 0.3) is 0 Å². The number of carbonyl (C=O) groups excluding carboxylic acids is 1. The standard InChI is InChI=1S/C13H24O/c1-4-6-7-8-9-10-13(14)11-12(3)5-2/h3-11H2,1-2H3. The molecule has 0 radical (unpaired) electrons. The molecule has 0 saturated heterocycles. The van der Waals surface area contributed by atoms with Crippen molar-refractivity contribution in [3.05, 3.63) is 12.2 Å². The highest BCUT2D eigenvalue weighted by Crippen LogP contribution is 2.10. The molecule has 0 heterocycles. The van der Waals surface area contributed by atoms with Crippen LogP contribution in [-0.2, 0) is 4.79 Å². The highest BCUT2D eigenvalue weighted by molar-refractivity contribution is 5.80. The lowest BCUT2D eigenvalue weighted by Crippen LogP contribution is -1.98. The first-order chi connectivity index (χ1) is 6.70. The van der Waals surface area contributed by atoms with Gasteiger partial charge in [0, 0.05) is 12.8 Å². The zero-order valence-corrected chi connectivity index (χ0v) is 9.77. The number of Topliss-reactive ketones (excluding diaryl/α,β-unsaturated/α-hetero) is 1. The van der Waals surface area contributed by atoms with Gasteiger partial charge in [-0.1, -0.05) is 51.7 Å². The van der Waals surface area contributed by atoms with E-state index < -0.39 is 0 Å². The summed E-state index contributed by atoms with van der Waals surface area (Å²) < 4.78 is 0. The van der Waals surface area contributed by atoms with E-state index in [1.807, 2.05) is 0 Å². The molecule has 0 bridgehead atoms. The maximum atomic E-state index is 11.4. The lowest BCUT2D eigenvalue weighted by molar-refractivity contribution is -0.118. The topological polar surface area (TPSA) is 17.1 Å². The Hall–Kier alpha value is -0.590. The second kappa shape index (κ2) is 8.98. The molecule has 0 aliphatic heterocycles. The third-order valence-electron chi connectivity index (χ3n) is 2.51. The van der Waals surface area contributed by atoms with E-state index in [1.54, 1.807) is 0 Å². The monoisotopic (exact) mass is 196 g/mol. The van der Waals surface area contributed by atoms with Crippen LogP contribution in [0.3, 0.4) is 0 Å². The molecule has 0 amide bonds. The third kappa shape index (κ3) is 8.03. The smallest absolute Gasteiger partial charge is 0.136 e. The van der Waals surface area contributed by atoms with Crippen molar-refractivity contribution in [1.82, 2.24) is 0 Å². The van der Waals surface area contributed by atoms with Gasteiger partial charge >= 0.3 is 0 Å². The Kier molecular flexibility index (Phi) is 8.61. The first-order valence-corrected chi connectivity index (χ1v) is 5.89. The number of rotatable bonds is 9. The van der Waals surface area contributed by atoms with Crippen LogP contribution in [0.2, 0.25) is 0 Å². The average molecular weight is 196 g/mol. The van der Waals surface area contributed by atoms with E-state index in [0.717, 1.165) is 24.8 Å². The molecule has 1 heteroatoms. The number of unbranched alkanes of at least 4 members (excludes halogenated alkanes) is 4. The van der Waals surface area contributed by atoms with E-state index in [9.17, 15) is 4.79 Å². The second-order valence-corrected chi connectivity index (χ2v) is 3.98. The summed E-state index contributed by atoms with van der Waals surface area (Å²) in [5, 5.41) is 0. The largest absolute Gasteiger partial charge is 0.299 e. The number of ketones is 1. The Labute approximate surface area is 88.6 Å². The molecule has 0 N–H and O–H groups in total. The highest BCUT2D eigenvalue weighted by atomic mass is 16.1. The fraction of sp³-hybridized carbons (Fsp3) is 0.769. The second-order valence-electron chi connectivity index (χ2n) is 3.98. The number of hydrogen-bond donors (Lipinski definition) is 0. The molecule has 82 valence electrons. The van der Waals surface area contributed by atoms with Crippen molar-refractivity contribution in [2.24, 2.45) is 0 Å². The zero-order chi connectivity index (χ0) is 10.8. The van der Waals surface area contributed by atoms with E-state index in [2.05, 4.69) is 20.4 Å². The van der Waals surface area contributed by atoms with Crippen LogP contribution in [0.5, 0.6) is 0 Å². The summed E-state index contributed by atoms with van der Waals surface area (Å²) in [5.41, 5.74) is 1.07. The summed E-state index contributed by atoms with van der Waals surface area (Å²) in [7, 11) is 0. The van der Waals surface area contributed by atoms with Gasteiger partial charge < -0.3 is 0 Å². The highest BCUT2D eigenvalue weighted by Gasteiger charge is 2.02. The third-order valence-corrected chi connectivity index (χ3v) is 2.51. The van der Waals surface area contributed by atoms with Crippen molar-refractivity contribution >= 4 is 5.78 Å². The molecule has 0 fully saturated rings. The molecule has 0 unspecified atom stereocenters. The maximum Gasteiger partial charge on any atom is 0.136 e. The Balaban J connectivity index is 3.31. The van der Waals surface area contributed by atoms with Gasteiger partial charge in [0.1, 0.15) is 5.78 Å². The number of carbonyl (C=O) groups is 1. The van der Waals surface area contributed by atoms with Gasteiger partial charge in [0.25, 0.3) is 0 Å². The fourth-order valence-electron chi connectivity index (χ4n) is 1.42. The summed E-state index contributed by atoms with van der Waals surface area (Å²) in [6.07, 6.45) is 8.40. The summed E-state index contributed by atoms with van der Waals surface area (Å²) in [6.45, 7) is 8.11. The molecule has 1 nitrogen and oxygen atoms in total.